The number of nitrogens with one attached hydrogen (secondary N) is 1. The molecule has 0 unspecified atom stereocenters. The van der Waals surface area contributed by atoms with Crippen molar-refractivity contribution in [2.24, 2.45) is 7.05 Å². The number of benzene rings is 1. The first-order valence-electron chi connectivity index (χ1n) is 7.16. The maximum Gasteiger partial charge on any atom is 0.102 e. The molecule has 0 amide bonds. The molecule has 4 nitrogen and oxygen atoms in total. The highest BCUT2D eigenvalue weighted by molar-refractivity contribution is 8.00. The summed E-state index contributed by atoms with van der Waals surface area (Å²) in [5.74, 6) is 0. The smallest absolute Gasteiger partial charge is 0.102 e. The number of hydrogen-bond donors (Lipinski definition) is 1. The third-order valence-electron chi connectivity index (χ3n) is 3.59. The van der Waals surface area contributed by atoms with Crippen LogP contribution in [0, 0.1) is 0 Å². The molecule has 0 atom stereocenters. The van der Waals surface area contributed by atoms with Crippen LogP contribution in [0.15, 0.2) is 35.4 Å². The Bertz CT molecular complexity index is 561. The number of anilines is 1. The van der Waals surface area contributed by atoms with E-state index in [1.807, 2.05) is 25.0 Å². The number of aromatic nitrogens is 3. The Morgan fingerprint density at radius 2 is 2.10 bits per heavy atom. The summed E-state index contributed by atoms with van der Waals surface area (Å²) in [6.45, 7) is 0.718. The molecule has 5 heteroatoms. The molecule has 1 aromatic carbocycles. The summed E-state index contributed by atoms with van der Waals surface area (Å²) < 4.78 is 1.73. The molecule has 1 aromatic heterocycles. The van der Waals surface area contributed by atoms with E-state index in [0.29, 0.717) is 0 Å². The van der Waals surface area contributed by atoms with Gasteiger partial charge in [0.05, 0.1) is 6.54 Å². The van der Waals surface area contributed by atoms with Crippen LogP contribution in [0.5, 0.6) is 0 Å². The van der Waals surface area contributed by atoms with Crippen molar-refractivity contribution in [3.05, 3.63) is 36.2 Å². The van der Waals surface area contributed by atoms with Crippen LogP contribution < -0.4 is 5.32 Å². The molecule has 0 saturated heterocycles. The number of hydrogen-bond acceptors (Lipinski definition) is 4. The van der Waals surface area contributed by atoms with Crippen molar-refractivity contribution in [1.29, 1.82) is 0 Å². The number of thioether (sulfide) groups is 1. The van der Waals surface area contributed by atoms with E-state index in [1.165, 1.54) is 36.3 Å². The van der Waals surface area contributed by atoms with E-state index in [4.69, 9.17) is 0 Å². The molecular formula is C15H20N4S. The first-order chi connectivity index (χ1) is 9.81. The Morgan fingerprint density at radius 3 is 2.85 bits per heavy atom. The topological polar surface area (TPSA) is 42.7 Å². The van der Waals surface area contributed by atoms with Gasteiger partial charge in [-0.25, -0.2) is 0 Å². The monoisotopic (exact) mass is 288 g/mol. The fourth-order valence-corrected chi connectivity index (χ4v) is 3.92. The maximum absolute atomic E-state index is 4.11. The lowest BCUT2D eigenvalue weighted by Gasteiger charge is -2.14. The number of aryl methyl sites for hydroxylation is 1. The Labute approximate surface area is 124 Å². The number of nitrogens with zero attached hydrogens (tertiary/aromatic N) is 3. The molecule has 0 aliphatic heterocycles. The van der Waals surface area contributed by atoms with Gasteiger partial charge in [-0.1, -0.05) is 30.2 Å². The molecule has 0 bridgehead atoms. The predicted octanol–water partition coefficient (Wildman–Crippen LogP) is 3.46. The molecule has 1 saturated carbocycles. The van der Waals surface area contributed by atoms with E-state index in [0.717, 1.165) is 17.5 Å². The van der Waals surface area contributed by atoms with Crippen LogP contribution in [0.3, 0.4) is 0 Å². The van der Waals surface area contributed by atoms with E-state index in [9.17, 15) is 0 Å². The zero-order valence-electron chi connectivity index (χ0n) is 11.7. The third kappa shape index (κ3) is 3.33. The van der Waals surface area contributed by atoms with Crippen molar-refractivity contribution in [2.45, 2.75) is 42.4 Å². The lowest BCUT2D eigenvalue weighted by molar-refractivity contribution is 0.713. The Morgan fingerprint density at radius 1 is 1.30 bits per heavy atom. The van der Waals surface area contributed by atoms with Crippen LogP contribution >= 0.6 is 11.8 Å². The van der Waals surface area contributed by atoms with Crippen molar-refractivity contribution in [2.75, 3.05) is 5.32 Å². The van der Waals surface area contributed by atoms with E-state index in [1.54, 1.807) is 4.68 Å². The average Bonchev–Trinajstić information content (AvgIpc) is 3.10. The van der Waals surface area contributed by atoms with Crippen LogP contribution in [-0.2, 0) is 13.6 Å². The fourth-order valence-electron chi connectivity index (χ4n) is 2.56. The summed E-state index contributed by atoms with van der Waals surface area (Å²) in [5.41, 5.74) is 2.17. The normalized spacial score (nSPS) is 15.7. The van der Waals surface area contributed by atoms with E-state index in [-0.39, 0.29) is 0 Å². The van der Waals surface area contributed by atoms with Crippen LogP contribution in [0.25, 0.3) is 0 Å². The first kappa shape index (κ1) is 13.5. The SMILES string of the molecule is Cn1cc(CNc2ccccc2SC2CCCC2)nn1. The Balaban J connectivity index is 1.65. The molecule has 1 aliphatic carbocycles. The molecule has 0 radical (unpaired) electrons. The Hall–Kier alpha value is -1.49. The van der Waals surface area contributed by atoms with Crippen LogP contribution in [0.1, 0.15) is 31.4 Å². The molecule has 1 N–H and O–H groups in total. The maximum atomic E-state index is 4.11. The van der Waals surface area contributed by atoms with Crippen molar-refractivity contribution in [3.63, 3.8) is 0 Å². The van der Waals surface area contributed by atoms with Gasteiger partial charge in [-0.15, -0.1) is 16.9 Å². The van der Waals surface area contributed by atoms with Gasteiger partial charge in [0.2, 0.25) is 0 Å². The molecule has 1 aliphatic rings. The van der Waals surface area contributed by atoms with Crippen molar-refractivity contribution in [3.8, 4) is 0 Å². The highest BCUT2D eigenvalue weighted by Gasteiger charge is 2.17. The largest absolute Gasteiger partial charge is 0.378 e. The van der Waals surface area contributed by atoms with Crippen molar-refractivity contribution >= 4 is 17.4 Å². The van der Waals surface area contributed by atoms with E-state index in [2.05, 4.69) is 39.9 Å². The van der Waals surface area contributed by atoms with Crippen molar-refractivity contribution < 1.29 is 0 Å². The molecule has 0 spiro atoms. The van der Waals surface area contributed by atoms with Crippen LogP contribution in [-0.4, -0.2) is 20.2 Å². The summed E-state index contributed by atoms with van der Waals surface area (Å²) in [7, 11) is 1.89. The van der Waals surface area contributed by atoms with Crippen LogP contribution in [0.4, 0.5) is 5.69 Å². The molecule has 106 valence electrons. The highest BCUT2D eigenvalue weighted by Crippen LogP contribution is 2.38. The molecule has 1 fully saturated rings. The van der Waals surface area contributed by atoms with Crippen molar-refractivity contribution in [1.82, 2.24) is 15.0 Å². The second kappa shape index (κ2) is 6.31. The lowest BCUT2D eigenvalue weighted by Crippen LogP contribution is -2.02. The summed E-state index contributed by atoms with van der Waals surface area (Å²) in [4.78, 5) is 1.35. The first-order valence-corrected chi connectivity index (χ1v) is 8.04. The second-order valence-corrected chi connectivity index (χ2v) is 6.60. The van der Waals surface area contributed by atoms with Gasteiger partial charge in [0, 0.05) is 29.1 Å². The summed E-state index contributed by atoms with van der Waals surface area (Å²) in [6.07, 6.45) is 7.41. The van der Waals surface area contributed by atoms with Crippen LogP contribution in [0.2, 0.25) is 0 Å². The minimum atomic E-state index is 0.718. The number of para-hydroxylation sites is 1. The summed E-state index contributed by atoms with van der Waals surface area (Å²) in [6, 6.07) is 8.55. The predicted molar refractivity (Wildman–Crippen MR) is 82.9 cm³/mol. The van der Waals surface area contributed by atoms with Gasteiger partial charge in [0.25, 0.3) is 0 Å². The van der Waals surface area contributed by atoms with Gasteiger partial charge in [0.1, 0.15) is 5.69 Å². The minimum absolute atomic E-state index is 0.718. The summed E-state index contributed by atoms with van der Waals surface area (Å²) >= 11 is 2.01. The molecule has 20 heavy (non-hydrogen) atoms. The van der Waals surface area contributed by atoms with E-state index >= 15 is 0 Å². The standard InChI is InChI=1S/C15H20N4S/c1-19-11-12(17-18-19)10-16-14-8-4-5-9-15(14)20-13-6-2-3-7-13/h4-5,8-9,11,13,16H,2-3,6-7,10H2,1H3. The van der Waals surface area contributed by atoms with Gasteiger partial charge in [-0.3, -0.25) is 4.68 Å². The van der Waals surface area contributed by atoms with E-state index < -0.39 is 0 Å². The third-order valence-corrected chi connectivity index (χ3v) is 5.01. The average molecular weight is 288 g/mol. The van der Waals surface area contributed by atoms with Gasteiger partial charge in [-0.2, -0.15) is 0 Å². The molecule has 3 rings (SSSR count). The molecule has 1 heterocycles. The van der Waals surface area contributed by atoms with Gasteiger partial charge in [-0.05, 0) is 25.0 Å². The van der Waals surface area contributed by atoms with Gasteiger partial charge in [0.15, 0.2) is 0 Å². The lowest BCUT2D eigenvalue weighted by atomic mass is 10.3. The quantitative estimate of drug-likeness (QED) is 0.915. The van der Waals surface area contributed by atoms with Gasteiger partial charge >= 0.3 is 0 Å². The minimum Gasteiger partial charge on any atom is -0.378 e. The number of rotatable bonds is 5. The molecular weight excluding hydrogens is 268 g/mol. The fraction of sp³-hybridized carbons (Fsp3) is 0.467. The highest BCUT2D eigenvalue weighted by atomic mass is 32.2. The second-order valence-electron chi connectivity index (χ2n) is 5.26. The Kier molecular flexibility index (Phi) is 4.25. The van der Waals surface area contributed by atoms with Gasteiger partial charge < -0.3 is 5.32 Å². The zero-order chi connectivity index (χ0) is 13.8. The zero-order valence-corrected chi connectivity index (χ0v) is 12.6. The summed E-state index contributed by atoms with van der Waals surface area (Å²) in [5, 5.41) is 12.3. The molecule has 2 aromatic rings.